The predicted octanol–water partition coefficient (Wildman–Crippen LogP) is 3.03. The highest BCUT2D eigenvalue weighted by atomic mass is 35.5. The molecule has 4 nitrogen and oxygen atoms in total. The number of carbonyl (C=O) groups is 1. The Morgan fingerprint density at radius 3 is 2.95 bits per heavy atom. The molecule has 1 aromatic carbocycles. The second-order valence-electron chi connectivity index (χ2n) is 4.15. The summed E-state index contributed by atoms with van der Waals surface area (Å²) in [5, 5.41) is 1.15. The topological polar surface area (TPSA) is 71.8 Å². The molecule has 0 aliphatic heterocycles. The fourth-order valence-corrected chi connectivity index (χ4v) is 2.21. The van der Waals surface area contributed by atoms with Crippen LogP contribution in [0.2, 0.25) is 5.02 Å². The van der Waals surface area contributed by atoms with Crippen molar-refractivity contribution in [3.8, 4) is 0 Å². The molecule has 5 heteroatoms. The van der Waals surface area contributed by atoms with Gasteiger partial charge in [-0.3, -0.25) is 9.78 Å². The number of aromatic amines is 1. The Bertz CT molecular complexity index is 779. The van der Waals surface area contributed by atoms with Gasteiger partial charge in [0.1, 0.15) is 0 Å². The quantitative estimate of drug-likeness (QED) is 0.556. The lowest BCUT2D eigenvalue weighted by Crippen LogP contribution is -2.05. The minimum absolute atomic E-state index is 0.167. The molecule has 0 atom stereocenters. The molecule has 0 aliphatic carbocycles. The van der Waals surface area contributed by atoms with Gasteiger partial charge in [0, 0.05) is 40.6 Å². The van der Waals surface area contributed by atoms with E-state index in [1.165, 1.54) is 0 Å². The van der Waals surface area contributed by atoms with Gasteiger partial charge in [0.05, 0.1) is 10.7 Å². The van der Waals surface area contributed by atoms with Gasteiger partial charge in [0.2, 0.25) is 0 Å². The number of hydrogen-bond donors (Lipinski definition) is 2. The molecular formula is C14H10ClN3O. The van der Waals surface area contributed by atoms with E-state index in [-0.39, 0.29) is 5.78 Å². The smallest absolute Gasteiger partial charge is 0.197 e. The van der Waals surface area contributed by atoms with Gasteiger partial charge in [-0.2, -0.15) is 0 Å². The summed E-state index contributed by atoms with van der Waals surface area (Å²) >= 11 is 5.94. The summed E-state index contributed by atoms with van der Waals surface area (Å²) in [6, 6.07) is 6.84. The van der Waals surface area contributed by atoms with E-state index in [2.05, 4.69) is 9.97 Å². The van der Waals surface area contributed by atoms with E-state index < -0.39 is 0 Å². The third-order valence-electron chi connectivity index (χ3n) is 3.03. The molecule has 0 fully saturated rings. The number of carbonyl (C=O) groups excluding carboxylic acids is 1. The number of nitrogen functional groups attached to an aromatic ring is 1. The van der Waals surface area contributed by atoms with Crippen molar-refractivity contribution in [2.45, 2.75) is 0 Å². The van der Waals surface area contributed by atoms with Crippen LogP contribution in [0.1, 0.15) is 15.9 Å². The maximum Gasteiger partial charge on any atom is 0.197 e. The molecule has 0 amide bonds. The number of aromatic nitrogens is 2. The normalized spacial score (nSPS) is 10.8. The number of H-pyrrole nitrogens is 1. The number of nitrogens with zero attached hydrogens (tertiary/aromatic N) is 1. The van der Waals surface area contributed by atoms with Crippen LogP contribution in [0.5, 0.6) is 0 Å². The third kappa shape index (κ3) is 1.86. The Kier molecular flexibility index (Phi) is 2.72. The fourth-order valence-electron chi connectivity index (χ4n) is 2.03. The summed E-state index contributed by atoms with van der Waals surface area (Å²) in [5.74, 6) is -0.167. The van der Waals surface area contributed by atoms with Gasteiger partial charge in [0.15, 0.2) is 5.78 Å². The Morgan fingerprint density at radius 2 is 2.11 bits per heavy atom. The van der Waals surface area contributed by atoms with Crippen LogP contribution in [0, 0.1) is 0 Å². The largest absolute Gasteiger partial charge is 0.397 e. The first-order valence-corrected chi connectivity index (χ1v) is 6.06. The van der Waals surface area contributed by atoms with Crippen molar-refractivity contribution < 1.29 is 4.79 Å². The van der Waals surface area contributed by atoms with Gasteiger partial charge in [-0.1, -0.05) is 17.7 Å². The summed E-state index contributed by atoms with van der Waals surface area (Å²) in [5.41, 5.74) is 7.95. The molecule has 19 heavy (non-hydrogen) atoms. The van der Waals surface area contributed by atoms with Gasteiger partial charge in [0.25, 0.3) is 0 Å². The maximum atomic E-state index is 12.5. The van der Waals surface area contributed by atoms with Crippen molar-refractivity contribution in [2.75, 3.05) is 5.73 Å². The highest BCUT2D eigenvalue weighted by Gasteiger charge is 2.17. The number of anilines is 1. The second kappa shape index (κ2) is 4.40. The van der Waals surface area contributed by atoms with Crippen molar-refractivity contribution >= 4 is 34.0 Å². The zero-order valence-corrected chi connectivity index (χ0v) is 10.6. The maximum absolute atomic E-state index is 12.5. The Labute approximate surface area is 114 Å². The average molecular weight is 272 g/mol. The number of pyridine rings is 1. The van der Waals surface area contributed by atoms with Gasteiger partial charge in [-0.15, -0.1) is 0 Å². The summed E-state index contributed by atoms with van der Waals surface area (Å²) in [6.45, 7) is 0. The molecule has 3 N–H and O–H groups in total. The molecular weight excluding hydrogens is 262 g/mol. The van der Waals surface area contributed by atoms with Crippen molar-refractivity contribution in [2.24, 2.45) is 0 Å². The number of fused-ring (bicyclic) bond motifs is 1. The van der Waals surface area contributed by atoms with Crippen LogP contribution >= 0.6 is 11.6 Å². The highest BCUT2D eigenvalue weighted by molar-refractivity contribution is 6.34. The number of benzene rings is 1. The Hall–Kier alpha value is -2.33. The van der Waals surface area contributed by atoms with Crippen LogP contribution in [-0.4, -0.2) is 15.8 Å². The molecule has 2 aromatic heterocycles. The second-order valence-corrected chi connectivity index (χ2v) is 4.56. The zero-order valence-electron chi connectivity index (χ0n) is 9.85. The molecule has 2 heterocycles. The molecule has 0 bridgehead atoms. The molecule has 0 spiro atoms. The first kappa shape index (κ1) is 11.7. The third-order valence-corrected chi connectivity index (χ3v) is 3.36. The standard InChI is InChI=1S/C14H10ClN3O/c15-11-3-1-2-8(13(11)16)14(19)10-7-18-12-4-5-17-6-9(10)12/h1-7,18H,16H2. The lowest BCUT2D eigenvalue weighted by molar-refractivity contribution is 0.104. The summed E-state index contributed by atoms with van der Waals surface area (Å²) in [4.78, 5) is 19.6. The van der Waals surface area contributed by atoms with Gasteiger partial charge in [-0.05, 0) is 18.2 Å². The molecule has 3 aromatic rings. The predicted molar refractivity (Wildman–Crippen MR) is 75.4 cm³/mol. The van der Waals surface area contributed by atoms with Crippen LogP contribution in [0.25, 0.3) is 10.9 Å². The molecule has 94 valence electrons. The number of hydrogen-bond acceptors (Lipinski definition) is 3. The molecule has 0 saturated carbocycles. The van der Waals surface area contributed by atoms with Gasteiger partial charge >= 0.3 is 0 Å². The number of ketones is 1. The van der Waals surface area contributed by atoms with E-state index in [4.69, 9.17) is 17.3 Å². The van der Waals surface area contributed by atoms with Gasteiger partial charge < -0.3 is 10.7 Å². The molecule has 0 unspecified atom stereocenters. The highest BCUT2D eigenvalue weighted by Crippen LogP contribution is 2.27. The average Bonchev–Trinajstić information content (AvgIpc) is 2.85. The Balaban J connectivity index is 2.17. The monoisotopic (exact) mass is 271 g/mol. The number of halogens is 1. The SMILES string of the molecule is Nc1c(Cl)cccc1C(=O)c1c[nH]c2ccncc12. The van der Waals surface area contributed by atoms with Crippen LogP contribution in [0.15, 0.2) is 42.9 Å². The summed E-state index contributed by atoms with van der Waals surface area (Å²) in [7, 11) is 0. The van der Waals surface area contributed by atoms with E-state index >= 15 is 0 Å². The first-order chi connectivity index (χ1) is 9.18. The van der Waals surface area contributed by atoms with Crippen molar-refractivity contribution in [3.05, 3.63) is 59.0 Å². The molecule has 0 saturated heterocycles. The number of para-hydroxylation sites is 1. The van der Waals surface area contributed by atoms with E-state index in [9.17, 15) is 4.79 Å². The molecule has 3 rings (SSSR count). The van der Waals surface area contributed by atoms with Crippen LogP contribution < -0.4 is 5.73 Å². The summed E-state index contributed by atoms with van der Waals surface area (Å²) in [6.07, 6.45) is 4.98. The van der Waals surface area contributed by atoms with Crippen molar-refractivity contribution in [1.29, 1.82) is 0 Å². The number of nitrogens with one attached hydrogen (secondary N) is 1. The number of nitrogens with two attached hydrogens (primary N) is 1. The lowest BCUT2D eigenvalue weighted by atomic mass is 10.0. The van der Waals surface area contributed by atoms with Crippen molar-refractivity contribution in [3.63, 3.8) is 0 Å². The first-order valence-electron chi connectivity index (χ1n) is 5.68. The van der Waals surface area contributed by atoms with Crippen LogP contribution in [-0.2, 0) is 0 Å². The van der Waals surface area contributed by atoms with E-state index in [1.54, 1.807) is 36.8 Å². The van der Waals surface area contributed by atoms with Gasteiger partial charge in [-0.25, -0.2) is 0 Å². The molecule has 0 radical (unpaired) electrons. The summed E-state index contributed by atoms with van der Waals surface area (Å²) < 4.78 is 0. The molecule has 0 aliphatic rings. The number of rotatable bonds is 2. The van der Waals surface area contributed by atoms with Crippen LogP contribution in [0.3, 0.4) is 0 Å². The van der Waals surface area contributed by atoms with E-state index in [0.29, 0.717) is 21.8 Å². The van der Waals surface area contributed by atoms with E-state index in [1.807, 2.05) is 6.07 Å². The minimum Gasteiger partial charge on any atom is -0.397 e. The van der Waals surface area contributed by atoms with E-state index in [0.717, 1.165) is 10.9 Å². The zero-order chi connectivity index (χ0) is 13.4. The van der Waals surface area contributed by atoms with Crippen LogP contribution in [0.4, 0.5) is 5.69 Å². The minimum atomic E-state index is -0.167. The van der Waals surface area contributed by atoms with Crippen molar-refractivity contribution in [1.82, 2.24) is 9.97 Å². The Morgan fingerprint density at radius 1 is 1.26 bits per heavy atom. The fraction of sp³-hybridized carbons (Fsp3) is 0. The lowest BCUT2D eigenvalue weighted by Gasteiger charge is -2.05.